The van der Waals surface area contributed by atoms with Gasteiger partial charge >= 0.3 is 0 Å². The van der Waals surface area contributed by atoms with E-state index in [1.165, 1.54) is 0 Å². The molecule has 0 saturated carbocycles. The molecule has 2 amide bonds. The maximum absolute atomic E-state index is 13.0. The zero-order valence-electron chi connectivity index (χ0n) is 14.9. The number of halogens is 2. The molecule has 3 atom stereocenters. The van der Waals surface area contributed by atoms with Crippen LogP contribution in [0, 0.1) is 11.8 Å². The van der Waals surface area contributed by atoms with Crippen LogP contribution in [0.15, 0.2) is 28.7 Å². The van der Waals surface area contributed by atoms with Crippen molar-refractivity contribution in [2.24, 2.45) is 17.6 Å². The van der Waals surface area contributed by atoms with Gasteiger partial charge in [-0.2, -0.15) is 0 Å². The average Bonchev–Trinajstić information content (AvgIpc) is 2.93. The summed E-state index contributed by atoms with van der Waals surface area (Å²) in [6.45, 7) is 7.20. The summed E-state index contributed by atoms with van der Waals surface area (Å²) >= 11 is 3.38. The van der Waals surface area contributed by atoms with E-state index in [1.54, 1.807) is 12.1 Å². The largest absolute Gasteiger partial charge is 0.340 e. The van der Waals surface area contributed by atoms with Gasteiger partial charge in [0, 0.05) is 17.1 Å². The highest BCUT2D eigenvalue weighted by atomic mass is 79.9. The van der Waals surface area contributed by atoms with Crippen molar-refractivity contribution in [3.63, 3.8) is 0 Å². The molecule has 5 nitrogen and oxygen atoms in total. The summed E-state index contributed by atoms with van der Waals surface area (Å²) in [5, 5.41) is 2.91. The van der Waals surface area contributed by atoms with Crippen LogP contribution >= 0.6 is 28.3 Å². The Kier molecular flexibility index (Phi) is 8.38. The van der Waals surface area contributed by atoms with E-state index in [4.69, 9.17) is 5.73 Å². The summed E-state index contributed by atoms with van der Waals surface area (Å²) in [6.07, 6.45) is 0.922. The number of benzene rings is 1. The molecule has 0 aliphatic carbocycles. The smallest absolute Gasteiger partial charge is 0.253 e. The second-order valence-electron chi connectivity index (χ2n) is 6.85. The van der Waals surface area contributed by atoms with E-state index < -0.39 is 6.04 Å². The maximum Gasteiger partial charge on any atom is 0.253 e. The number of nitrogens with one attached hydrogen (secondary N) is 1. The lowest BCUT2D eigenvalue weighted by Gasteiger charge is -2.29. The highest BCUT2D eigenvalue weighted by Crippen LogP contribution is 2.24. The van der Waals surface area contributed by atoms with Crippen molar-refractivity contribution in [2.75, 3.05) is 13.1 Å². The van der Waals surface area contributed by atoms with Crippen LogP contribution in [-0.2, 0) is 4.79 Å². The van der Waals surface area contributed by atoms with E-state index >= 15 is 0 Å². The number of rotatable bonds is 5. The lowest BCUT2D eigenvalue weighted by atomic mass is 10.0. The molecule has 7 heteroatoms. The second kappa shape index (κ2) is 9.55. The molecule has 25 heavy (non-hydrogen) atoms. The van der Waals surface area contributed by atoms with Crippen molar-refractivity contribution < 1.29 is 9.59 Å². The minimum absolute atomic E-state index is 0. The quantitative estimate of drug-likeness (QED) is 0.751. The maximum atomic E-state index is 13.0. The SMILES string of the molecule is CC(C)C(NC(=O)c1ccccc1Br)C(=O)N1CC(CN)CC1C.Cl. The topological polar surface area (TPSA) is 75.4 Å². The standard InChI is InChI=1S/C18H26BrN3O2.ClH/c1-11(2)16(18(24)22-10-13(9-20)8-12(22)3)21-17(23)14-6-4-5-7-15(14)19;/h4-7,11-13,16H,8-10,20H2,1-3H3,(H,21,23);1H. The molecule has 3 unspecified atom stereocenters. The second-order valence-corrected chi connectivity index (χ2v) is 7.71. The van der Waals surface area contributed by atoms with Gasteiger partial charge in [0.05, 0.1) is 5.56 Å². The highest BCUT2D eigenvalue weighted by Gasteiger charge is 2.36. The normalized spacial score (nSPS) is 21.0. The molecule has 1 aliphatic rings. The molecule has 0 radical (unpaired) electrons. The van der Waals surface area contributed by atoms with Crippen LogP contribution in [0.25, 0.3) is 0 Å². The average molecular weight is 433 g/mol. The fourth-order valence-electron chi connectivity index (χ4n) is 3.18. The number of nitrogens with two attached hydrogens (primary N) is 1. The van der Waals surface area contributed by atoms with Crippen LogP contribution in [0.2, 0.25) is 0 Å². The predicted molar refractivity (Wildman–Crippen MR) is 106 cm³/mol. The zero-order valence-corrected chi connectivity index (χ0v) is 17.3. The van der Waals surface area contributed by atoms with Gasteiger partial charge in [-0.1, -0.05) is 26.0 Å². The van der Waals surface area contributed by atoms with E-state index in [1.807, 2.05) is 37.8 Å². The van der Waals surface area contributed by atoms with Crippen LogP contribution in [-0.4, -0.2) is 41.9 Å². The van der Waals surface area contributed by atoms with Crippen molar-refractivity contribution in [1.82, 2.24) is 10.2 Å². The van der Waals surface area contributed by atoms with Crippen molar-refractivity contribution in [1.29, 1.82) is 0 Å². The van der Waals surface area contributed by atoms with E-state index in [9.17, 15) is 9.59 Å². The molecule has 1 fully saturated rings. The molecule has 1 saturated heterocycles. The van der Waals surface area contributed by atoms with E-state index in [-0.39, 0.29) is 36.2 Å². The van der Waals surface area contributed by atoms with Gasteiger partial charge in [-0.15, -0.1) is 12.4 Å². The van der Waals surface area contributed by atoms with E-state index in [0.717, 1.165) is 10.9 Å². The van der Waals surface area contributed by atoms with Crippen LogP contribution in [0.1, 0.15) is 37.6 Å². The number of carbonyl (C=O) groups excluding carboxylic acids is 2. The van der Waals surface area contributed by atoms with Gasteiger partial charge in [-0.25, -0.2) is 0 Å². The number of hydrogen-bond donors (Lipinski definition) is 2. The van der Waals surface area contributed by atoms with Crippen LogP contribution in [0.4, 0.5) is 0 Å². The molecule has 1 heterocycles. The van der Waals surface area contributed by atoms with Crippen molar-refractivity contribution in [3.05, 3.63) is 34.3 Å². The Labute approximate surface area is 164 Å². The molecule has 1 aliphatic heterocycles. The number of nitrogens with zero attached hydrogens (tertiary/aromatic N) is 1. The van der Waals surface area contributed by atoms with Gasteiger partial charge in [-0.05, 0) is 59.8 Å². The Bertz CT molecular complexity index is 612. The summed E-state index contributed by atoms with van der Waals surface area (Å²) in [6, 6.07) is 6.83. The third-order valence-corrected chi connectivity index (χ3v) is 5.31. The fraction of sp³-hybridized carbons (Fsp3) is 0.556. The van der Waals surface area contributed by atoms with Gasteiger partial charge in [0.15, 0.2) is 0 Å². The molecule has 0 spiro atoms. The summed E-state index contributed by atoms with van der Waals surface area (Å²) in [5.74, 6) is 0.0920. The first-order valence-corrected chi connectivity index (χ1v) is 9.20. The summed E-state index contributed by atoms with van der Waals surface area (Å²) in [7, 11) is 0. The molecule has 0 bridgehead atoms. The monoisotopic (exact) mass is 431 g/mol. The number of likely N-dealkylation sites (tertiary alicyclic amines) is 1. The highest BCUT2D eigenvalue weighted by molar-refractivity contribution is 9.10. The molecule has 2 rings (SSSR count). The summed E-state index contributed by atoms with van der Waals surface area (Å²) < 4.78 is 0.718. The van der Waals surface area contributed by atoms with Gasteiger partial charge in [-0.3, -0.25) is 9.59 Å². The molecule has 3 N–H and O–H groups in total. The Hall–Kier alpha value is -1.11. The third kappa shape index (κ3) is 5.19. The molecular formula is C18H27BrClN3O2. The molecule has 0 aromatic heterocycles. The minimum atomic E-state index is -0.538. The van der Waals surface area contributed by atoms with Gasteiger partial charge in [0.1, 0.15) is 6.04 Å². The lowest BCUT2D eigenvalue weighted by molar-refractivity contribution is -0.135. The first kappa shape index (κ1) is 21.9. The Morgan fingerprint density at radius 2 is 2.00 bits per heavy atom. The van der Waals surface area contributed by atoms with Crippen molar-refractivity contribution in [2.45, 2.75) is 39.3 Å². The third-order valence-electron chi connectivity index (χ3n) is 4.62. The predicted octanol–water partition coefficient (Wildman–Crippen LogP) is 2.82. The van der Waals surface area contributed by atoms with Crippen LogP contribution in [0.5, 0.6) is 0 Å². The molecule has 1 aromatic carbocycles. The number of amides is 2. The Morgan fingerprint density at radius 1 is 1.36 bits per heavy atom. The number of carbonyl (C=O) groups is 2. The van der Waals surface area contributed by atoms with Crippen LogP contribution < -0.4 is 11.1 Å². The van der Waals surface area contributed by atoms with Crippen molar-refractivity contribution >= 4 is 40.2 Å². The van der Waals surface area contributed by atoms with E-state index in [0.29, 0.717) is 24.6 Å². The first-order chi connectivity index (χ1) is 11.3. The van der Waals surface area contributed by atoms with Crippen LogP contribution in [0.3, 0.4) is 0 Å². The molecule has 140 valence electrons. The van der Waals surface area contributed by atoms with Crippen molar-refractivity contribution in [3.8, 4) is 0 Å². The van der Waals surface area contributed by atoms with Gasteiger partial charge in [0.25, 0.3) is 5.91 Å². The fourth-order valence-corrected chi connectivity index (χ4v) is 3.64. The Morgan fingerprint density at radius 3 is 2.52 bits per heavy atom. The summed E-state index contributed by atoms with van der Waals surface area (Å²) in [5.41, 5.74) is 6.29. The Balaban J connectivity index is 0.00000312. The minimum Gasteiger partial charge on any atom is -0.340 e. The zero-order chi connectivity index (χ0) is 17.9. The van der Waals surface area contributed by atoms with E-state index in [2.05, 4.69) is 21.2 Å². The first-order valence-electron chi connectivity index (χ1n) is 8.41. The number of hydrogen-bond acceptors (Lipinski definition) is 3. The molecule has 1 aromatic rings. The summed E-state index contributed by atoms with van der Waals surface area (Å²) in [4.78, 5) is 27.4. The molecular weight excluding hydrogens is 406 g/mol. The van der Waals surface area contributed by atoms with Gasteiger partial charge < -0.3 is 16.0 Å². The lowest BCUT2D eigenvalue weighted by Crippen LogP contribution is -2.52. The van der Waals surface area contributed by atoms with Gasteiger partial charge in [0.2, 0.25) is 5.91 Å².